The molecule has 1 aromatic carbocycles. The number of hydrogen-bond acceptors (Lipinski definition) is 4. The Labute approximate surface area is 106 Å². The van der Waals surface area contributed by atoms with Gasteiger partial charge in [-0.3, -0.25) is 10.1 Å². The molecule has 1 atom stereocenters. The average Bonchev–Trinajstić information content (AvgIpc) is 2.90. The Bertz CT molecular complexity index is 442. The number of methoxy groups -OCH3 is 1. The molecule has 1 saturated carbocycles. The van der Waals surface area contributed by atoms with Gasteiger partial charge in [0, 0.05) is 23.7 Å². The smallest absolute Gasteiger partial charge is 0.270 e. The van der Waals surface area contributed by atoms with Crippen molar-refractivity contribution in [2.24, 2.45) is 11.7 Å². The molecule has 0 spiro atoms. The Hall–Kier alpha value is -1.62. The lowest BCUT2D eigenvalue weighted by molar-refractivity contribution is -0.385. The van der Waals surface area contributed by atoms with Crippen molar-refractivity contribution < 1.29 is 9.66 Å². The summed E-state index contributed by atoms with van der Waals surface area (Å²) in [7, 11) is 1.56. The zero-order chi connectivity index (χ0) is 13.1. The van der Waals surface area contributed by atoms with Crippen molar-refractivity contribution >= 4 is 5.69 Å². The van der Waals surface area contributed by atoms with Crippen LogP contribution in [0.3, 0.4) is 0 Å². The molecule has 0 heterocycles. The maximum absolute atomic E-state index is 10.8. The molecule has 2 N–H and O–H groups in total. The monoisotopic (exact) mass is 250 g/mol. The van der Waals surface area contributed by atoms with Gasteiger partial charge in [-0.1, -0.05) is 12.8 Å². The maximum Gasteiger partial charge on any atom is 0.270 e. The summed E-state index contributed by atoms with van der Waals surface area (Å²) >= 11 is 0. The normalized spacial score (nSPS) is 17.7. The summed E-state index contributed by atoms with van der Waals surface area (Å²) in [5.41, 5.74) is 7.06. The Balaban J connectivity index is 2.33. The van der Waals surface area contributed by atoms with E-state index in [1.54, 1.807) is 19.2 Å². The van der Waals surface area contributed by atoms with Crippen LogP contribution < -0.4 is 10.5 Å². The van der Waals surface area contributed by atoms with Crippen molar-refractivity contribution in [3.8, 4) is 5.75 Å². The molecule has 1 aliphatic rings. The minimum absolute atomic E-state index is 0.0687. The number of non-ortho nitro benzene ring substituents is 1. The Morgan fingerprint density at radius 3 is 2.67 bits per heavy atom. The molecule has 18 heavy (non-hydrogen) atoms. The van der Waals surface area contributed by atoms with Gasteiger partial charge in [-0.25, -0.2) is 0 Å². The van der Waals surface area contributed by atoms with E-state index in [4.69, 9.17) is 10.5 Å². The number of rotatable bonds is 4. The second kappa shape index (κ2) is 5.35. The first-order valence-corrected chi connectivity index (χ1v) is 6.21. The number of nitrogens with zero attached hydrogens (tertiary/aromatic N) is 1. The van der Waals surface area contributed by atoms with Crippen molar-refractivity contribution in [3.63, 3.8) is 0 Å². The highest BCUT2D eigenvalue weighted by Gasteiger charge is 2.26. The van der Waals surface area contributed by atoms with E-state index < -0.39 is 4.92 Å². The van der Waals surface area contributed by atoms with Crippen LogP contribution >= 0.6 is 0 Å². The molecule has 0 radical (unpaired) electrons. The predicted octanol–water partition coefficient (Wildman–Crippen LogP) is 2.79. The van der Waals surface area contributed by atoms with Crippen LogP contribution in [0, 0.1) is 16.0 Å². The molecule has 0 amide bonds. The molecule has 0 saturated heterocycles. The second-order valence-electron chi connectivity index (χ2n) is 4.75. The van der Waals surface area contributed by atoms with Crippen LogP contribution in [-0.2, 0) is 0 Å². The van der Waals surface area contributed by atoms with E-state index in [9.17, 15) is 10.1 Å². The standard InChI is InChI=1S/C13H18N2O3/c1-18-12-7-6-10(15(16)17)8-11(12)13(14)9-4-2-3-5-9/h6-9,13H,2-5,14H2,1H3. The van der Waals surface area contributed by atoms with Crippen LogP contribution in [0.5, 0.6) is 5.75 Å². The van der Waals surface area contributed by atoms with Gasteiger partial charge in [0.1, 0.15) is 5.75 Å². The molecular formula is C13H18N2O3. The summed E-state index contributed by atoms with van der Waals surface area (Å²) in [5, 5.41) is 10.8. The van der Waals surface area contributed by atoms with Crippen molar-refractivity contribution in [1.82, 2.24) is 0 Å². The number of hydrogen-bond donors (Lipinski definition) is 1. The second-order valence-corrected chi connectivity index (χ2v) is 4.75. The van der Waals surface area contributed by atoms with E-state index in [2.05, 4.69) is 0 Å². The molecule has 98 valence electrons. The van der Waals surface area contributed by atoms with E-state index in [0.717, 1.165) is 18.4 Å². The summed E-state index contributed by atoms with van der Waals surface area (Å²) in [6.07, 6.45) is 4.56. The van der Waals surface area contributed by atoms with Gasteiger partial charge in [-0.05, 0) is 24.8 Å². The number of nitro benzene ring substituents is 1. The SMILES string of the molecule is COc1ccc([N+](=O)[O-])cc1C(N)C1CCCC1. The van der Waals surface area contributed by atoms with E-state index in [1.807, 2.05) is 0 Å². The van der Waals surface area contributed by atoms with Crippen LogP contribution in [0.4, 0.5) is 5.69 Å². The molecule has 1 unspecified atom stereocenters. The molecule has 0 bridgehead atoms. The van der Waals surface area contributed by atoms with Gasteiger partial charge in [0.2, 0.25) is 0 Å². The van der Waals surface area contributed by atoms with E-state index >= 15 is 0 Å². The van der Waals surface area contributed by atoms with Gasteiger partial charge in [-0.2, -0.15) is 0 Å². The highest BCUT2D eigenvalue weighted by Crippen LogP contribution is 2.38. The van der Waals surface area contributed by atoms with Gasteiger partial charge >= 0.3 is 0 Å². The fraction of sp³-hybridized carbons (Fsp3) is 0.538. The third kappa shape index (κ3) is 2.46. The van der Waals surface area contributed by atoms with Gasteiger partial charge < -0.3 is 10.5 Å². The predicted molar refractivity (Wildman–Crippen MR) is 68.5 cm³/mol. The zero-order valence-corrected chi connectivity index (χ0v) is 10.5. The van der Waals surface area contributed by atoms with E-state index in [0.29, 0.717) is 11.7 Å². The van der Waals surface area contributed by atoms with E-state index in [-0.39, 0.29) is 11.7 Å². The molecule has 0 aromatic heterocycles. The first-order chi connectivity index (χ1) is 8.63. The minimum atomic E-state index is -0.399. The molecule has 1 aliphatic carbocycles. The minimum Gasteiger partial charge on any atom is -0.496 e. The number of nitro groups is 1. The van der Waals surface area contributed by atoms with Gasteiger partial charge in [0.25, 0.3) is 5.69 Å². The van der Waals surface area contributed by atoms with Crippen LogP contribution in [0.25, 0.3) is 0 Å². The lowest BCUT2D eigenvalue weighted by Crippen LogP contribution is -2.20. The summed E-state index contributed by atoms with van der Waals surface area (Å²) in [6, 6.07) is 4.44. The highest BCUT2D eigenvalue weighted by molar-refractivity contribution is 5.45. The highest BCUT2D eigenvalue weighted by atomic mass is 16.6. The lowest BCUT2D eigenvalue weighted by Gasteiger charge is -2.21. The average molecular weight is 250 g/mol. The van der Waals surface area contributed by atoms with E-state index in [1.165, 1.54) is 18.9 Å². The Morgan fingerprint density at radius 1 is 1.44 bits per heavy atom. The molecule has 1 fully saturated rings. The fourth-order valence-corrected chi connectivity index (χ4v) is 2.67. The molecule has 5 nitrogen and oxygen atoms in total. The quantitative estimate of drug-likeness (QED) is 0.658. The first-order valence-electron chi connectivity index (χ1n) is 6.21. The molecule has 0 aliphatic heterocycles. The van der Waals surface area contributed by atoms with Gasteiger partial charge in [0.15, 0.2) is 0 Å². The maximum atomic E-state index is 10.8. The largest absolute Gasteiger partial charge is 0.496 e. The third-order valence-corrected chi connectivity index (χ3v) is 3.69. The molecule has 2 rings (SSSR count). The topological polar surface area (TPSA) is 78.4 Å². The molecular weight excluding hydrogens is 232 g/mol. The Kier molecular flexibility index (Phi) is 3.81. The lowest BCUT2D eigenvalue weighted by atomic mass is 9.91. The third-order valence-electron chi connectivity index (χ3n) is 3.69. The van der Waals surface area contributed by atoms with Crippen molar-refractivity contribution in [3.05, 3.63) is 33.9 Å². The number of benzene rings is 1. The zero-order valence-electron chi connectivity index (χ0n) is 10.5. The summed E-state index contributed by atoms with van der Waals surface area (Å²) in [5.74, 6) is 1.04. The number of ether oxygens (including phenoxy) is 1. The van der Waals surface area contributed by atoms with Gasteiger partial charge in [0.05, 0.1) is 12.0 Å². The van der Waals surface area contributed by atoms with Crippen molar-refractivity contribution in [2.75, 3.05) is 7.11 Å². The van der Waals surface area contributed by atoms with Crippen LogP contribution in [0.2, 0.25) is 0 Å². The molecule has 1 aromatic rings. The Morgan fingerprint density at radius 2 is 2.11 bits per heavy atom. The fourth-order valence-electron chi connectivity index (χ4n) is 2.67. The van der Waals surface area contributed by atoms with Crippen LogP contribution in [0.1, 0.15) is 37.3 Å². The van der Waals surface area contributed by atoms with Crippen molar-refractivity contribution in [1.29, 1.82) is 0 Å². The van der Waals surface area contributed by atoms with Gasteiger partial charge in [-0.15, -0.1) is 0 Å². The molecule has 5 heteroatoms. The summed E-state index contributed by atoms with van der Waals surface area (Å²) in [4.78, 5) is 10.4. The summed E-state index contributed by atoms with van der Waals surface area (Å²) < 4.78 is 5.26. The number of nitrogens with two attached hydrogens (primary N) is 1. The first kappa shape index (κ1) is 12.8. The summed E-state index contributed by atoms with van der Waals surface area (Å²) in [6.45, 7) is 0. The van der Waals surface area contributed by atoms with Crippen molar-refractivity contribution in [2.45, 2.75) is 31.7 Å². The van der Waals surface area contributed by atoms with Crippen LogP contribution in [0.15, 0.2) is 18.2 Å². The van der Waals surface area contributed by atoms with Crippen LogP contribution in [-0.4, -0.2) is 12.0 Å².